The van der Waals surface area contributed by atoms with Gasteiger partial charge in [-0.1, -0.05) is 6.07 Å². The zero-order chi connectivity index (χ0) is 9.03. The Bertz CT molecular complexity index is 217. The van der Waals surface area contributed by atoms with Crippen molar-refractivity contribution in [3.8, 4) is 0 Å². The molecule has 0 amide bonds. The summed E-state index contributed by atoms with van der Waals surface area (Å²) in [4.78, 5) is 0.965. The zero-order valence-electron chi connectivity index (χ0n) is 6.19. The molecule has 1 N–H and O–H groups in total. The van der Waals surface area contributed by atoms with E-state index in [9.17, 15) is 13.2 Å². The lowest BCUT2D eigenvalue weighted by atomic mass is 10.3. The molecular formula is C7H8F3NS. The minimum Gasteiger partial charge on any atom is -0.228 e. The zero-order valence-corrected chi connectivity index (χ0v) is 7.00. The summed E-state index contributed by atoms with van der Waals surface area (Å²) in [5, 5.41) is 3.32. The van der Waals surface area contributed by atoms with Crippen LogP contribution in [-0.2, 0) is 6.42 Å². The number of hydrogen-bond donors (Lipinski definition) is 1. The molecule has 1 rings (SSSR count). The second-order valence-electron chi connectivity index (χ2n) is 2.25. The van der Waals surface area contributed by atoms with Crippen LogP contribution in [-0.4, -0.2) is 12.8 Å². The van der Waals surface area contributed by atoms with Crippen molar-refractivity contribution >= 4 is 11.3 Å². The second kappa shape index (κ2) is 3.91. The summed E-state index contributed by atoms with van der Waals surface area (Å²) >= 11 is 1.47. The molecule has 0 aliphatic rings. The van der Waals surface area contributed by atoms with Crippen LogP contribution in [0.5, 0.6) is 0 Å². The molecule has 0 aliphatic heterocycles. The van der Waals surface area contributed by atoms with Crippen molar-refractivity contribution < 1.29 is 13.2 Å². The summed E-state index contributed by atoms with van der Waals surface area (Å²) in [5.74, 6) is 0. The molecule has 0 spiro atoms. The van der Waals surface area contributed by atoms with Gasteiger partial charge in [-0.2, -0.15) is 13.2 Å². The lowest BCUT2D eigenvalue weighted by Crippen LogP contribution is -2.32. The average molecular weight is 195 g/mol. The highest BCUT2D eigenvalue weighted by atomic mass is 32.1. The fraction of sp³-hybridized carbons (Fsp3) is 0.429. The molecule has 1 aromatic rings. The molecule has 0 radical (unpaired) electrons. The van der Waals surface area contributed by atoms with E-state index >= 15 is 0 Å². The summed E-state index contributed by atoms with van der Waals surface area (Å²) in [7, 11) is 0. The van der Waals surface area contributed by atoms with Crippen molar-refractivity contribution in [2.24, 2.45) is 0 Å². The first-order valence-electron chi connectivity index (χ1n) is 3.42. The molecule has 0 unspecified atom stereocenters. The largest absolute Gasteiger partial charge is 0.457 e. The molecule has 0 fully saturated rings. The van der Waals surface area contributed by atoms with Gasteiger partial charge >= 0.3 is 6.30 Å². The van der Waals surface area contributed by atoms with Gasteiger partial charge in [-0.15, -0.1) is 11.3 Å². The van der Waals surface area contributed by atoms with Crippen molar-refractivity contribution in [3.05, 3.63) is 22.4 Å². The van der Waals surface area contributed by atoms with Gasteiger partial charge in [-0.05, 0) is 17.9 Å². The van der Waals surface area contributed by atoms with Crippen LogP contribution >= 0.6 is 11.3 Å². The van der Waals surface area contributed by atoms with Crippen LogP contribution in [0.4, 0.5) is 13.2 Å². The summed E-state index contributed by atoms with van der Waals surface area (Å²) < 4.78 is 34.7. The van der Waals surface area contributed by atoms with E-state index in [0.717, 1.165) is 4.88 Å². The van der Waals surface area contributed by atoms with E-state index in [1.165, 1.54) is 16.7 Å². The highest BCUT2D eigenvalue weighted by molar-refractivity contribution is 7.09. The summed E-state index contributed by atoms with van der Waals surface area (Å²) in [6.07, 6.45) is -3.82. The molecular weight excluding hydrogens is 187 g/mol. The molecule has 0 aromatic carbocycles. The molecule has 5 heteroatoms. The van der Waals surface area contributed by atoms with Gasteiger partial charge in [0, 0.05) is 11.4 Å². The van der Waals surface area contributed by atoms with Crippen LogP contribution in [0.25, 0.3) is 0 Å². The van der Waals surface area contributed by atoms with E-state index < -0.39 is 6.30 Å². The Labute approximate surface area is 72.2 Å². The summed E-state index contributed by atoms with van der Waals surface area (Å²) in [6, 6.07) is 3.65. The molecule has 0 atom stereocenters. The molecule has 0 bridgehead atoms. The monoisotopic (exact) mass is 195 g/mol. The lowest BCUT2D eigenvalue weighted by Gasteiger charge is -2.06. The Kier molecular flexibility index (Phi) is 3.11. The van der Waals surface area contributed by atoms with Crippen molar-refractivity contribution in [1.82, 2.24) is 5.32 Å². The summed E-state index contributed by atoms with van der Waals surface area (Å²) in [6.45, 7) is -0.0516. The normalized spacial score (nSPS) is 11.9. The summed E-state index contributed by atoms with van der Waals surface area (Å²) in [5.41, 5.74) is 0. The van der Waals surface area contributed by atoms with Crippen LogP contribution in [0.1, 0.15) is 4.88 Å². The molecule has 0 aliphatic carbocycles. The van der Waals surface area contributed by atoms with Crippen LogP contribution in [0.15, 0.2) is 17.5 Å². The maximum atomic E-state index is 11.6. The maximum absolute atomic E-state index is 11.6. The van der Waals surface area contributed by atoms with Crippen molar-refractivity contribution in [1.29, 1.82) is 0 Å². The number of rotatable bonds is 3. The maximum Gasteiger partial charge on any atom is 0.457 e. The fourth-order valence-electron chi connectivity index (χ4n) is 0.782. The van der Waals surface area contributed by atoms with Gasteiger partial charge in [-0.25, -0.2) is 5.32 Å². The SMILES string of the molecule is FC(F)(F)NCCc1cccs1. The standard InChI is InChI=1S/C7H8F3NS/c8-7(9,10)11-4-3-6-2-1-5-12-6/h1-2,5,11H,3-4H2. The number of thiophene rings is 1. The van der Waals surface area contributed by atoms with Gasteiger partial charge in [0.2, 0.25) is 0 Å². The van der Waals surface area contributed by atoms with E-state index in [0.29, 0.717) is 6.42 Å². The topological polar surface area (TPSA) is 12.0 Å². The molecule has 0 saturated carbocycles. The first-order chi connectivity index (χ1) is 5.58. The Hall–Kier alpha value is -0.550. The molecule has 68 valence electrons. The average Bonchev–Trinajstić information content (AvgIpc) is 2.36. The fourth-order valence-corrected chi connectivity index (χ4v) is 1.49. The third kappa shape index (κ3) is 3.73. The van der Waals surface area contributed by atoms with Crippen LogP contribution in [0, 0.1) is 0 Å². The Morgan fingerprint density at radius 2 is 2.17 bits per heavy atom. The van der Waals surface area contributed by atoms with Crippen LogP contribution < -0.4 is 5.32 Å². The highest BCUT2D eigenvalue weighted by Gasteiger charge is 2.25. The second-order valence-corrected chi connectivity index (χ2v) is 3.29. The smallest absolute Gasteiger partial charge is 0.228 e. The van der Waals surface area contributed by atoms with Gasteiger partial charge in [0.1, 0.15) is 0 Å². The van der Waals surface area contributed by atoms with Crippen LogP contribution in [0.2, 0.25) is 0 Å². The van der Waals surface area contributed by atoms with Gasteiger partial charge in [0.15, 0.2) is 0 Å². The number of halogens is 3. The Morgan fingerprint density at radius 1 is 1.42 bits per heavy atom. The van der Waals surface area contributed by atoms with E-state index in [1.54, 1.807) is 0 Å². The first-order valence-corrected chi connectivity index (χ1v) is 4.30. The van der Waals surface area contributed by atoms with Crippen molar-refractivity contribution in [3.63, 3.8) is 0 Å². The Balaban J connectivity index is 2.20. The van der Waals surface area contributed by atoms with Gasteiger partial charge in [0.25, 0.3) is 0 Å². The molecule has 12 heavy (non-hydrogen) atoms. The van der Waals surface area contributed by atoms with E-state index in [2.05, 4.69) is 0 Å². The lowest BCUT2D eigenvalue weighted by molar-refractivity contribution is -0.156. The predicted molar refractivity (Wildman–Crippen MR) is 42.1 cm³/mol. The van der Waals surface area contributed by atoms with Crippen LogP contribution in [0.3, 0.4) is 0 Å². The quantitative estimate of drug-likeness (QED) is 0.730. The predicted octanol–water partition coefficient (Wildman–Crippen LogP) is 2.40. The van der Waals surface area contributed by atoms with Crippen molar-refractivity contribution in [2.75, 3.05) is 6.54 Å². The van der Waals surface area contributed by atoms with Gasteiger partial charge < -0.3 is 0 Å². The van der Waals surface area contributed by atoms with Crippen molar-refractivity contribution in [2.45, 2.75) is 12.7 Å². The molecule has 1 nitrogen and oxygen atoms in total. The first kappa shape index (κ1) is 9.54. The molecule has 1 heterocycles. The third-order valence-corrected chi connectivity index (χ3v) is 2.21. The number of alkyl halides is 3. The number of nitrogens with one attached hydrogen (secondary N) is 1. The van der Waals surface area contributed by atoms with E-state index in [1.807, 2.05) is 17.5 Å². The van der Waals surface area contributed by atoms with Gasteiger partial charge in [0.05, 0.1) is 0 Å². The molecule has 0 saturated heterocycles. The third-order valence-electron chi connectivity index (χ3n) is 1.28. The van der Waals surface area contributed by atoms with E-state index in [-0.39, 0.29) is 6.54 Å². The highest BCUT2D eigenvalue weighted by Crippen LogP contribution is 2.11. The minimum atomic E-state index is -4.25. The minimum absolute atomic E-state index is 0.0516. The Morgan fingerprint density at radius 3 is 2.67 bits per heavy atom. The number of hydrogen-bond acceptors (Lipinski definition) is 2. The van der Waals surface area contributed by atoms with Gasteiger partial charge in [-0.3, -0.25) is 0 Å². The van der Waals surface area contributed by atoms with E-state index in [4.69, 9.17) is 0 Å². The molecule has 1 aromatic heterocycles.